The van der Waals surface area contributed by atoms with Gasteiger partial charge in [0.2, 0.25) is 11.9 Å². The number of aromatic nitrogens is 3. The molecular weight excluding hydrogens is 526 g/mol. The number of likely N-dealkylation sites (tertiary alicyclic amines) is 1. The predicted molar refractivity (Wildman–Crippen MR) is 160 cm³/mol. The molecule has 10 heteroatoms. The first kappa shape index (κ1) is 28.5. The highest BCUT2D eigenvalue weighted by atomic mass is 35.5. The predicted octanol–water partition coefficient (Wildman–Crippen LogP) is 4.27. The van der Waals surface area contributed by atoms with Crippen LogP contribution in [0.3, 0.4) is 0 Å². The molecule has 4 N–H and O–H groups in total. The van der Waals surface area contributed by atoms with Gasteiger partial charge in [0.05, 0.1) is 16.9 Å². The maximum atomic E-state index is 12.6. The highest BCUT2D eigenvalue weighted by Gasteiger charge is 2.30. The topological polar surface area (TPSA) is 109 Å². The summed E-state index contributed by atoms with van der Waals surface area (Å²) in [6, 6.07) is 8.59. The molecule has 2 aliphatic rings. The molecule has 1 saturated heterocycles. The minimum atomic E-state index is -0.616. The smallest absolute Gasteiger partial charge is 0.246 e. The number of fused-ring (bicyclic) bond motifs is 1. The van der Waals surface area contributed by atoms with E-state index >= 15 is 0 Å². The maximum absolute atomic E-state index is 12.6. The molecule has 9 nitrogen and oxygen atoms in total. The van der Waals surface area contributed by atoms with Crippen LogP contribution in [0.2, 0.25) is 5.02 Å². The second kappa shape index (κ2) is 13.1. The van der Waals surface area contributed by atoms with Crippen molar-refractivity contribution in [1.82, 2.24) is 30.1 Å². The number of carbonyl (C=O) groups is 1. The molecule has 1 aliphatic heterocycles. The number of anilines is 1. The van der Waals surface area contributed by atoms with Crippen molar-refractivity contribution in [1.29, 1.82) is 0 Å². The molecule has 2 unspecified atom stereocenters. The van der Waals surface area contributed by atoms with Gasteiger partial charge in [-0.1, -0.05) is 35.9 Å². The number of aromatic amines is 1. The molecule has 5 rings (SSSR count). The van der Waals surface area contributed by atoms with Crippen LogP contribution >= 0.6 is 11.6 Å². The SMILES string of the molecule is CN(C)C/C=C/C(=O)N1CCCC(C(O)N[C@H]2CC[C@H](Nc3ncc(Cl)c(-c4c[nH]c5ccccc45)n3)CC2)C1. The molecule has 1 aromatic carbocycles. The lowest BCUT2D eigenvalue weighted by Crippen LogP contribution is -2.51. The lowest BCUT2D eigenvalue weighted by Gasteiger charge is -2.37. The molecule has 3 aromatic rings. The summed E-state index contributed by atoms with van der Waals surface area (Å²) in [6.07, 6.45) is 12.2. The van der Waals surface area contributed by atoms with Crippen molar-refractivity contribution >= 4 is 34.4 Å². The van der Waals surface area contributed by atoms with Gasteiger partial charge in [-0.2, -0.15) is 0 Å². The number of aliphatic hydroxyl groups excluding tert-OH is 1. The Morgan fingerprint density at radius 3 is 2.80 bits per heavy atom. The van der Waals surface area contributed by atoms with Crippen LogP contribution in [0.4, 0.5) is 5.95 Å². The Morgan fingerprint density at radius 2 is 2.00 bits per heavy atom. The summed E-state index contributed by atoms with van der Waals surface area (Å²) in [5.74, 6) is 0.650. The van der Waals surface area contributed by atoms with Crippen molar-refractivity contribution in [2.75, 3.05) is 39.0 Å². The lowest BCUT2D eigenvalue weighted by atomic mass is 9.89. The van der Waals surface area contributed by atoms with Gasteiger partial charge < -0.3 is 25.2 Å². The monoisotopic (exact) mass is 565 g/mol. The summed E-state index contributed by atoms with van der Waals surface area (Å²) >= 11 is 6.50. The molecule has 2 aromatic heterocycles. The number of aliphatic hydroxyl groups is 1. The Balaban J connectivity index is 1.11. The van der Waals surface area contributed by atoms with Gasteiger partial charge in [0.25, 0.3) is 0 Å². The average molecular weight is 566 g/mol. The summed E-state index contributed by atoms with van der Waals surface area (Å²) in [5, 5.41) is 19.5. The molecular formula is C30H40ClN7O2. The van der Waals surface area contributed by atoms with E-state index in [4.69, 9.17) is 16.6 Å². The highest BCUT2D eigenvalue weighted by Crippen LogP contribution is 2.33. The van der Waals surface area contributed by atoms with Crippen LogP contribution in [-0.2, 0) is 4.79 Å². The van der Waals surface area contributed by atoms with Crippen LogP contribution in [0.1, 0.15) is 38.5 Å². The zero-order valence-electron chi connectivity index (χ0n) is 23.3. The third kappa shape index (κ3) is 7.01. The second-order valence-electron chi connectivity index (χ2n) is 11.3. The van der Waals surface area contributed by atoms with Crippen LogP contribution < -0.4 is 10.6 Å². The molecule has 1 aliphatic carbocycles. The van der Waals surface area contributed by atoms with Crippen molar-refractivity contribution in [2.45, 2.75) is 56.8 Å². The Hall–Kier alpha value is -2.98. The van der Waals surface area contributed by atoms with E-state index in [1.165, 1.54) is 0 Å². The quantitative estimate of drug-likeness (QED) is 0.227. The summed E-state index contributed by atoms with van der Waals surface area (Å²) in [5.41, 5.74) is 2.71. The Kier molecular flexibility index (Phi) is 9.36. The van der Waals surface area contributed by atoms with Gasteiger partial charge in [0.15, 0.2) is 0 Å². The fourth-order valence-electron chi connectivity index (χ4n) is 5.80. The van der Waals surface area contributed by atoms with Crippen LogP contribution in [-0.4, -0.2) is 87.8 Å². The zero-order valence-corrected chi connectivity index (χ0v) is 24.1. The van der Waals surface area contributed by atoms with Crippen molar-refractivity contribution in [3.63, 3.8) is 0 Å². The number of benzene rings is 1. The van der Waals surface area contributed by atoms with E-state index in [0.29, 0.717) is 23.2 Å². The number of piperidine rings is 1. The number of para-hydroxylation sites is 1. The van der Waals surface area contributed by atoms with Gasteiger partial charge in [-0.3, -0.25) is 10.1 Å². The molecule has 1 saturated carbocycles. The number of likely N-dealkylation sites (N-methyl/N-ethyl adjacent to an activating group) is 1. The van der Waals surface area contributed by atoms with Crippen LogP contribution in [0.25, 0.3) is 22.2 Å². The average Bonchev–Trinajstić information content (AvgIpc) is 3.39. The van der Waals surface area contributed by atoms with E-state index in [9.17, 15) is 9.90 Å². The van der Waals surface area contributed by atoms with Gasteiger partial charge in [-0.05, 0) is 58.7 Å². The summed E-state index contributed by atoms with van der Waals surface area (Å²) in [4.78, 5) is 29.0. The van der Waals surface area contributed by atoms with E-state index in [1.807, 2.05) is 54.4 Å². The number of hydrogen-bond acceptors (Lipinski definition) is 7. The zero-order chi connectivity index (χ0) is 28.1. The highest BCUT2D eigenvalue weighted by molar-refractivity contribution is 6.33. The number of halogens is 1. The molecule has 0 bridgehead atoms. The van der Waals surface area contributed by atoms with E-state index in [0.717, 1.165) is 68.1 Å². The van der Waals surface area contributed by atoms with Gasteiger partial charge in [-0.25, -0.2) is 9.97 Å². The fraction of sp³-hybridized carbons (Fsp3) is 0.500. The summed E-state index contributed by atoms with van der Waals surface area (Å²) in [7, 11) is 3.95. The molecule has 0 spiro atoms. The molecule has 40 heavy (non-hydrogen) atoms. The molecule has 2 atom stereocenters. The maximum Gasteiger partial charge on any atom is 0.246 e. The van der Waals surface area contributed by atoms with Crippen molar-refractivity contribution in [2.24, 2.45) is 5.92 Å². The van der Waals surface area contributed by atoms with Gasteiger partial charge in [0.1, 0.15) is 6.23 Å². The van der Waals surface area contributed by atoms with Gasteiger partial charge in [-0.15, -0.1) is 0 Å². The van der Waals surface area contributed by atoms with Crippen LogP contribution in [0, 0.1) is 5.92 Å². The minimum Gasteiger partial charge on any atom is -0.378 e. The first-order valence-electron chi connectivity index (χ1n) is 14.3. The standard InChI is InChI=1S/C30H40ClN7O2/c1-37(2)15-6-10-27(39)38-16-5-7-20(19-38)29(40)34-21-11-13-22(14-12-21)35-30-33-18-25(31)28(36-30)24-17-32-26-9-4-3-8-23(24)26/h3-4,6,8-10,17-18,20-22,29,32,34,40H,5,7,11-16,19H2,1-2H3,(H,33,35,36)/b10-6+/t20?,21-,22-,29?. The molecule has 1 amide bonds. The van der Waals surface area contributed by atoms with Crippen molar-refractivity contribution in [3.8, 4) is 11.3 Å². The molecule has 3 heterocycles. The minimum absolute atomic E-state index is 0.0302. The van der Waals surface area contributed by atoms with E-state index < -0.39 is 6.23 Å². The molecule has 214 valence electrons. The van der Waals surface area contributed by atoms with E-state index in [1.54, 1.807) is 12.3 Å². The number of hydrogen-bond donors (Lipinski definition) is 4. The summed E-state index contributed by atoms with van der Waals surface area (Å²) in [6.45, 7) is 2.07. The largest absolute Gasteiger partial charge is 0.378 e. The van der Waals surface area contributed by atoms with Crippen LogP contribution in [0.15, 0.2) is 48.8 Å². The van der Waals surface area contributed by atoms with Gasteiger partial charge >= 0.3 is 0 Å². The number of amides is 1. The molecule has 2 fully saturated rings. The van der Waals surface area contributed by atoms with Crippen LogP contribution in [0.5, 0.6) is 0 Å². The number of rotatable bonds is 9. The Labute approximate surface area is 241 Å². The Bertz CT molecular complexity index is 1320. The van der Waals surface area contributed by atoms with Crippen molar-refractivity contribution in [3.05, 3.63) is 53.8 Å². The second-order valence-corrected chi connectivity index (χ2v) is 11.7. The molecule has 0 radical (unpaired) electrons. The third-order valence-corrected chi connectivity index (χ3v) is 8.28. The first-order valence-corrected chi connectivity index (χ1v) is 14.6. The number of nitrogens with one attached hydrogen (secondary N) is 3. The number of nitrogens with zero attached hydrogens (tertiary/aromatic N) is 4. The normalized spacial score (nSPS) is 22.7. The summed E-state index contributed by atoms with van der Waals surface area (Å²) < 4.78 is 0. The van der Waals surface area contributed by atoms with E-state index in [-0.39, 0.29) is 23.9 Å². The first-order chi connectivity index (χ1) is 19.4. The fourth-order valence-corrected chi connectivity index (χ4v) is 5.99. The number of H-pyrrole nitrogens is 1. The van der Waals surface area contributed by atoms with Gasteiger partial charge in [0, 0.05) is 66.4 Å². The third-order valence-electron chi connectivity index (χ3n) is 8.00. The Morgan fingerprint density at radius 1 is 1.23 bits per heavy atom. The van der Waals surface area contributed by atoms with E-state index in [2.05, 4.69) is 26.7 Å². The van der Waals surface area contributed by atoms with Crippen molar-refractivity contribution < 1.29 is 9.90 Å². The number of carbonyl (C=O) groups excluding carboxylic acids is 1. The lowest BCUT2D eigenvalue weighted by molar-refractivity contribution is -0.129.